The highest BCUT2D eigenvalue weighted by molar-refractivity contribution is 5.99. The van der Waals surface area contributed by atoms with E-state index in [0.29, 0.717) is 13.2 Å². The van der Waals surface area contributed by atoms with Crippen molar-refractivity contribution >= 4 is 21.5 Å². The summed E-state index contributed by atoms with van der Waals surface area (Å²) in [6, 6.07) is 39.8. The molecule has 6 aromatic rings. The Labute approximate surface area is 250 Å². The average molecular weight is 563 g/mol. The van der Waals surface area contributed by atoms with Crippen LogP contribution in [0.5, 0.6) is 11.5 Å². The van der Waals surface area contributed by atoms with Crippen molar-refractivity contribution in [3.63, 3.8) is 0 Å². The van der Waals surface area contributed by atoms with Crippen LogP contribution in [0.4, 0.5) is 0 Å². The maximum absolute atomic E-state index is 5.96. The van der Waals surface area contributed by atoms with Gasteiger partial charge in [-0.05, 0) is 109 Å². The fourth-order valence-corrected chi connectivity index (χ4v) is 6.44. The third-order valence-electron chi connectivity index (χ3n) is 8.89. The summed E-state index contributed by atoms with van der Waals surface area (Å²) in [5, 5.41) is 4.75. The van der Waals surface area contributed by atoms with Gasteiger partial charge in [-0.25, -0.2) is 0 Å². The van der Waals surface area contributed by atoms with Gasteiger partial charge in [0.05, 0.1) is 13.2 Å². The van der Waals surface area contributed by atoms with Gasteiger partial charge in [0.25, 0.3) is 0 Å². The molecule has 0 aromatic heterocycles. The minimum atomic E-state index is 0.244. The first-order chi connectivity index (χ1) is 21.2. The molecular formula is C39H30O4. The molecule has 2 heterocycles. The van der Waals surface area contributed by atoms with Crippen LogP contribution in [-0.4, -0.2) is 38.6 Å². The van der Waals surface area contributed by atoms with Gasteiger partial charge < -0.3 is 18.9 Å². The summed E-state index contributed by atoms with van der Waals surface area (Å²) in [5.41, 5.74) is 10.5. The molecule has 6 aromatic carbocycles. The first-order valence-electron chi connectivity index (χ1n) is 15.1. The first kappa shape index (κ1) is 24.9. The normalized spacial score (nSPS) is 18.0. The van der Waals surface area contributed by atoms with Crippen LogP contribution in [0.1, 0.15) is 11.1 Å². The van der Waals surface area contributed by atoms with Crippen molar-refractivity contribution in [2.75, 3.05) is 26.4 Å². The van der Waals surface area contributed by atoms with Gasteiger partial charge in [-0.3, -0.25) is 0 Å². The van der Waals surface area contributed by atoms with E-state index >= 15 is 0 Å². The molecule has 4 heteroatoms. The van der Waals surface area contributed by atoms with Crippen LogP contribution in [0.3, 0.4) is 0 Å². The third-order valence-corrected chi connectivity index (χ3v) is 8.89. The molecule has 3 aliphatic rings. The van der Waals surface area contributed by atoms with E-state index in [9.17, 15) is 0 Å². The second kappa shape index (κ2) is 9.98. The number of epoxide rings is 2. The molecule has 2 atom stereocenters. The fourth-order valence-electron chi connectivity index (χ4n) is 6.44. The number of ether oxygens (including phenoxy) is 4. The van der Waals surface area contributed by atoms with E-state index in [0.717, 1.165) is 31.1 Å². The van der Waals surface area contributed by atoms with Crippen LogP contribution in [0.15, 0.2) is 109 Å². The molecule has 2 saturated heterocycles. The maximum atomic E-state index is 5.96. The SMILES string of the molecule is c1ccc2c(c1)Cc1c-2ccc(-c2ccc3cc(OCC4CO4)ccc3c2)c1-c1ccc2cc(OCC3CO3)ccc2c1. The highest BCUT2D eigenvalue weighted by Gasteiger charge is 2.26. The molecule has 43 heavy (non-hydrogen) atoms. The smallest absolute Gasteiger partial charge is 0.120 e. The van der Waals surface area contributed by atoms with Gasteiger partial charge in [-0.2, -0.15) is 0 Å². The Balaban J connectivity index is 1.14. The monoisotopic (exact) mass is 562 g/mol. The highest BCUT2D eigenvalue weighted by Crippen LogP contribution is 2.47. The summed E-state index contributed by atoms with van der Waals surface area (Å²) < 4.78 is 22.5. The lowest BCUT2D eigenvalue weighted by Gasteiger charge is -2.17. The highest BCUT2D eigenvalue weighted by atomic mass is 16.6. The first-order valence-corrected chi connectivity index (χ1v) is 15.1. The average Bonchev–Trinajstić information content (AvgIpc) is 3.99. The van der Waals surface area contributed by atoms with E-state index in [4.69, 9.17) is 18.9 Å². The van der Waals surface area contributed by atoms with Crippen LogP contribution >= 0.6 is 0 Å². The summed E-state index contributed by atoms with van der Waals surface area (Å²) in [7, 11) is 0. The van der Waals surface area contributed by atoms with E-state index in [2.05, 4.69) is 109 Å². The Morgan fingerprint density at radius 1 is 0.535 bits per heavy atom. The van der Waals surface area contributed by atoms with Gasteiger partial charge in [-0.1, -0.05) is 72.8 Å². The summed E-state index contributed by atoms with van der Waals surface area (Å²) in [4.78, 5) is 0. The lowest BCUT2D eigenvalue weighted by molar-refractivity contribution is 0.263. The Bertz CT molecular complexity index is 2040. The Hall–Kier alpha value is -4.64. The fraction of sp³-hybridized carbons (Fsp3) is 0.179. The minimum absolute atomic E-state index is 0.244. The largest absolute Gasteiger partial charge is 0.491 e. The van der Waals surface area contributed by atoms with Crippen LogP contribution < -0.4 is 9.47 Å². The number of benzene rings is 6. The number of hydrogen-bond donors (Lipinski definition) is 0. The molecule has 0 N–H and O–H groups in total. The lowest BCUT2D eigenvalue weighted by atomic mass is 9.86. The van der Waals surface area contributed by atoms with E-state index in [1.165, 1.54) is 66.1 Å². The summed E-state index contributed by atoms with van der Waals surface area (Å²) >= 11 is 0. The van der Waals surface area contributed by atoms with Gasteiger partial charge in [-0.15, -0.1) is 0 Å². The predicted molar refractivity (Wildman–Crippen MR) is 171 cm³/mol. The summed E-state index contributed by atoms with van der Waals surface area (Å²) in [6.45, 7) is 2.82. The Kier molecular flexibility index (Phi) is 5.78. The van der Waals surface area contributed by atoms with E-state index in [-0.39, 0.29) is 12.2 Å². The zero-order chi connectivity index (χ0) is 28.3. The van der Waals surface area contributed by atoms with E-state index in [1.807, 2.05) is 0 Å². The van der Waals surface area contributed by atoms with E-state index < -0.39 is 0 Å². The molecule has 210 valence electrons. The van der Waals surface area contributed by atoms with Gasteiger partial charge in [0.2, 0.25) is 0 Å². The second-order valence-electron chi connectivity index (χ2n) is 11.8. The Morgan fingerprint density at radius 3 is 1.77 bits per heavy atom. The number of hydrogen-bond acceptors (Lipinski definition) is 4. The number of fused-ring (bicyclic) bond motifs is 5. The van der Waals surface area contributed by atoms with Crippen molar-refractivity contribution in [1.82, 2.24) is 0 Å². The van der Waals surface area contributed by atoms with Crippen molar-refractivity contribution in [1.29, 1.82) is 0 Å². The van der Waals surface area contributed by atoms with Crippen LogP contribution in [0, 0.1) is 0 Å². The van der Waals surface area contributed by atoms with Crippen LogP contribution in [0.25, 0.3) is 54.9 Å². The quantitative estimate of drug-likeness (QED) is 0.174. The van der Waals surface area contributed by atoms with Crippen LogP contribution in [0.2, 0.25) is 0 Å². The molecular weight excluding hydrogens is 532 g/mol. The van der Waals surface area contributed by atoms with Gasteiger partial charge in [0.1, 0.15) is 36.9 Å². The lowest BCUT2D eigenvalue weighted by Crippen LogP contribution is -2.03. The van der Waals surface area contributed by atoms with Crippen molar-refractivity contribution < 1.29 is 18.9 Å². The zero-order valence-electron chi connectivity index (χ0n) is 23.7. The third kappa shape index (κ3) is 4.73. The van der Waals surface area contributed by atoms with Crippen LogP contribution in [-0.2, 0) is 15.9 Å². The minimum Gasteiger partial charge on any atom is -0.491 e. The van der Waals surface area contributed by atoms with Gasteiger partial charge in [0, 0.05) is 0 Å². The molecule has 0 bridgehead atoms. The number of rotatable bonds is 8. The van der Waals surface area contributed by atoms with Crippen molar-refractivity contribution in [2.24, 2.45) is 0 Å². The molecule has 2 aliphatic heterocycles. The van der Waals surface area contributed by atoms with Crippen molar-refractivity contribution in [3.8, 4) is 44.9 Å². The topological polar surface area (TPSA) is 43.5 Å². The van der Waals surface area contributed by atoms with Gasteiger partial charge >= 0.3 is 0 Å². The van der Waals surface area contributed by atoms with E-state index in [1.54, 1.807) is 0 Å². The molecule has 2 unspecified atom stereocenters. The molecule has 4 nitrogen and oxygen atoms in total. The second-order valence-corrected chi connectivity index (χ2v) is 11.8. The maximum Gasteiger partial charge on any atom is 0.120 e. The molecule has 0 saturated carbocycles. The molecule has 1 aliphatic carbocycles. The molecule has 0 radical (unpaired) electrons. The zero-order valence-corrected chi connectivity index (χ0v) is 23.7. The molecule has 2 fully saturated rings. The van der Waals surface area contributed by atoms with Crippen molar-refractivity contribution in [2.45, 2.75) is 18.6 Å². The predicted octanol–water partition coefficient (Wildman–Crippen LogP) is 8.45. The molecule has 0 spiro atoms. The summed E-state index contributed by atoms with van der Waals surface area (Å²) in [6.07, 6.45) is 1.42. The van der Waals surface area contributed by atoms with Gasteiger partial charge in [0.15, 0.2) is 0 Å². The van der Waals surface area contributed by atoms with Crippen molar-refractivity contribution in [3.05, 3.63) is 120 Å². The molecule has 0 amide bonds. The standard InChI is InChI=1S/C39H30O4/c1-2-4-35-28(3-1)19-38-37(35)14-13-36(29-7-5-26-17-31(11-9-24(26)15-29)40-20-33-22-42-33)39(38)30-8-6-27-18-32(12-10-25(27)16-30)41-21-34-23-43-34/h1-18,33-34H,19-23H2. The Morgan fingerprint density at radius 2 is 1.09 bits per heavy atom. The molecule has 9 rings (SSSR count). The summed E-state index contributed by atoms with van der Waals surface area (Å²) in [5.74, 6) is 1.77.